The zero-order valence-electron chi connectivity index (χ0n) is 16.6. The summed E-state index contributed by atoms with van der Waals surface area (Å²) in [5, 5.41) is 10.9. The van der Waals surface area contributed by atoms with E-state index in [0.29, 0.717) is 35.9 Å². The lowest BCUT2D eigenvalue weighted by Crippen LogP contribution is -2.28. The average molecular weight is 357 g/mol. The molecular weight excluding hydrogens is 326 g/mol. The molecule has 0 amide bonds. The Bertz CT molecular complexity index is 752. The largest absolute Gasteiger partial charge is 0.465 e. The van der Waals surface area contributed by atoms with Gasteiger partial charge in [-0.25, -0.2) is 0 Å². The molecule has 2 aromatic rings. The summed E-state index contributed by atoms with van der Waals surface area (Å²) in [5.74, 6) is 3.63. The fourth-order valence-electron chi connectivity index (χ4n) is 3.15. The molecule has 0 unspecified atom stereocenters. The Morgan fingerprint density at radius 2 is 1.58 bits per heavy atom. The van der Waals surface area contributed by atoms with E-state index >= 15 is 0 Å². The zero-order chi connectivity index (χ0) is 19.5. The molecule has 2 aromatic heterocycles. The van der Waals surface area contributed by atoms with Gasteiger partial charge in [0.25, 0.3) is 0 Å². The lowest BCUT2D eigenvalue weighted by molar-refractivity contribution is 0.0872. The maximum Gasteiger partial charge on any atom is 0.163 e. The van der Waals surface area contributed by atoms with Gasteiger partial charge < -0.3 is 13.9 Å². The van der Waals surface area contributed by atoms with E-state index in [-0.39, 0.29) is 0 Å². The molecule has 0 radical (unpaired) electrons. The Labute approximate surface area is 156 Å². The maximum absolute atomic E-state index is 10.9. The first kappa shape index (κ1) is 20.3. The van der Waals surface area contributed by atoms with Gasteiger partial charge in [0.1, 0.15) is 23.0 Å². The highest BCUT2D eigenvalue weighted by molar-refractivity contribution is 5.35. The van der Waals surface area contributed by atoms with Crippen molar-refractivity contribution < 1.29 is 13.9 Å². The molecule has 0 aromatic carbocycles. The summed E-state index contributed by atoms with van der Waals surface area (Å²) in [6.45, 7) is 20.0. The van der Waals surface area contributed by atoms with Crippen LogP contribution < -0.4 is 0 Å². The van der Waals surface area contributed by atoms with Gasteiger partial charge >= 0.3 is 0 Å². The van der Waals surface area contributed by atoms with Gasteiger partial charge in [0.05, 0.1) is 13.1 Å². The molecule has 0 saturated carbocycles. The number of hydrogen-bond acceptors (Lipinski definition) is 4. The predicted molar refractivity (Wildman–Crippen MR) is 105 cm³/mol. The smallest absolute Gasteiger partial charge is 0.163 e. The summed E-state index contributed by atoms with van der Waals surface area (Å²) >= 11 is 0. The fraction of sp³-hybridized carbons (Fsp3) is 0.455. The van der Waals surface area contributed by atoms with E-state index in [2.05, 4.69) is 31.9 Å². The molecule has 0 bridgehead atoms. The summed E-state index contributed by atoms with van der Waals surface area (Å²) in [5.41, 5.74) is -0.147. The quantitative estimate of drug-likeness (QED) is 0.628. The van der Waals surface area contributed by atoms with E-state index in [0.717, 1.165) is 23.8 Å². The Balaban J connectivity index is 2.19. The SMILES string of the molecule is C=C(C)C(O)(C(=C)C)c1ccc(CN(Cc2ccc(C)o2)CC(C)C)o1. The zero-order valence-corrected chi connectivity index (χ0v) is 16.6. The summed E-state index contributed by atoms with van der Waals surface area (Å²) in [7, 11) is 0. The summed E-state index contributed by atoms with van der Waals surface area (Å²) in [4.78, 5) is 2.28. The van der Waals surface area contributed by atoms with Crippen molar-refractivity contribution in [2.24, 2.45) is 5.92 Å². The third kappa shape index (κ3) is 4.57. The molecule has 0 aliphatic heterocycles. The molecule has 0 aliphatic rings. The second-order valence-electron chi connectivity index (χ2n) is 7.61. The van der Waals surface area contributed by atoms with Crippen molar-refractivity contribution in [1.82, 2.24) is 4.90 Å². The molecule has 142 valence electrons. The summed E-state index contributed by atoms with van der Waals surface area (Å²) in [6.07, 6.45) is 0. The maximum atomic E-state index is 10.9. The van der Waals surface area contributed by atoms with Gasteiger partial charge in [0.15, 0.2) is 5.60 Å². The molecule has 4 heteroatoms. The van der Waals surface area contributed by atoms with E-state index in [9.17, 15) is 5.11 Å². The van der Waals surface area contributed by atoms with Gasteiger partial charge in [0, 0.05) is 6.54 Å². The third-order valence-electron chi connectivity index (χ3n) is 4.43. The molecule has 0 atom stereocenters. The van der Waals surface area contributed by atoms with Crippen LogP contribution in [0.1, 0.15) is 50.7 Å². The van der Waals surface area contributed by atoms with E-state index in [1.165, 1.54) is 0 Å². The van der Waals surface area contributed by atoms with Crippen LogP contribution >= 0.6 is 0 Å². The van der Waals surface area contributed by atoms with Crippen molar-refractivity contribution in [1.29, 1.82) is 0 Å². The highest BCUT2D eigenvalue weighted by Gasteiger charge is 2.35. The monoisotopic (exact) mass is 357 g/mol. The molecule has 0 aliphatic carbocycles. The lowest BCUT2D eigenvalue weighted by atomic mass is 9.87. The van der Waals surface area contributed by atoms with Crippen LogP contribution in [-0.2, 0) is 18.7 Å². The molecule has 2 heterocycles. The molecule has 0 fully saturated rings. The van der Waals surface area contributed by atoms with Gasteiger partial charge in [-0.05, 0) is 62.1 Å². The minimum absolute atomic E-state index is 0.464. The van der Waals surface area contributed by atoms with Crippen molar-refractivity contribution in [2.75, 3.05) is 6.54 Å². The van der Waals surface area contributed by atoms with Crippen molar-refractivity contribution >= 4 is 0 Å². The van der Waals surface area contributed by atoms with Crippen LogP contribution in [0.3, 0.4) is 0 Å². The molecular formula is C22H31NO3. The lowest BCUT2D eigenvalue weighted by Gasteiger charge is -2.27. The first-order valence-corrected chi connectivity index (χ1v) is 9.04. The van der Waals surface area contributed by atoms with E-state index < -0.39 is 5.60 Å². The molecule has 1 N–H and O–H groups in total. The Kier molecular flexibility index (Phi) is 6.32. The highest BCUT2D eigenvalue weighted by atomic mass is 16.4. The Morgan fingerprint density at radius 1 is 1.04 bits per heavy atom. The van der Waals surface area contributed by atoms with Gasteiger partial charge in [-0.15, -0.1) is 0 Å². The van der Waals surface area contributed by atoms with Gasteiger partial charge in [-0.1, -0.05) is 27.0 Å². The van der Waals surface area contributed by atoms with Crippen LogP contribution in [0.4, 0.5) is 0 Å². The van der Waals surface area contributed by atoms with Gasteiger partial charge in [-0.3, -0.25) is 4.90 Å². The Hall–Kier alpha value is -2.04. The minimum Gasteiger partial charge on any atom is -0.465 e. The molecule has 0 saturated heterocycles. The standard InChI is InChI=1S/C22H31NO3/c1-15(2)12-23(13-19-9-8-18(7)25-19)14-20-10-11-21(26-20)22(24,16(3)4)17(5)6/h8-11,15,24H,3,5,12-14H2,1-2,4,6-7H3. The van der Waals surface area contributed by atoms with Crippen LogP contribution in [0, 0.1) is 12.8 Å². The molecule has 0 spiro atoms. The molecule has 26 heavy (non-hydrogen) atoms. The first-order valence-electron chi connectivity index (χ1n) is 9.04. The van der Waals surface area contributed by atoms with Crippen LogP contribution in [0.5, 0.6) is 0 Å². The van der Waals surface area contributed by atoms with E-state index in [4.69, 9.17) is 8.83 Å². The Morgan fingerprint density at radius 3 is 2.04 bits per heavy atom. The van der Waals surface area contributed by atoms with Crippen LogP contribution in [0.2, 0.25) is 0 Å². The molecule has 4 nitrogen and oxygen atoms in total. The predicted octanol–water partition coefficient (Wildman–Crippen LogP) is 5.18. The van der Waals surface area contributed by atoms with Crippen molar-refractivity contribution in [3.8, 4) is 0 Å². The van der Waals surface area contributed by atoms with E-state index in [1.807, 2.05) is 31.2 Å². The second kappa shape index (κ2) is 8.11. The second-order valence-corrected chi connectivity index (χ2v) is 7.61. The van der Waals surface area contributed by atoms with Crippen LogP contribution in [-0.4, -0.2) is 16.6 Å². The topological polar surface area (TPSA) is 49.8 Å². The van der Waals surface area contributed by atoms with Crippen LogP contribution in [0.25, 0.3) is 0 Å². The number of rotatable bonds is 9. The highest BCUT2D eigenvalue weighted by Crippen LogP contribution is 2.36. The number of aliphatic hydroxyl groups is 1. The number of aryl methyl sites for hydroxylation is 1. The van der Waals surface area contributed by atoms with Gasteiger partial charge in [-0.2, -0.15) is 0 Å². The van der Waals surface area contributed by atoms with Crippen molar-refractivity contribution in [3.63, 3.8) is 0 Å². The average Bonchev–Trinajstić information content (AvgIpc) is 3.14. The van der Waals surface area contributed by atoms with Crippen molar-refractivity contribution in [3.05, 3.63) is 71.6 Å². The number of hydrogen-bond donors (Lipinski definition) is 1. The first-order chi connectivity index (χ1) is 12.1. The molecule has 2 rings (SSSR count). The normalized spacial score (nSPS) is 12.2. The number of nitrogens with zero attached hydrogens (tertiary/aromatic N) is 1. The van der Waals surface area contributed by atoms with E-state index in [1.54, 1.807) is 13.8 Å². The summed E-state index contributed by atoms with van der Waals surface area (Å²) < 4.78 is 11.7. The van der Waals surface area contributed by atoms with Crippen molar-refractivity contribution in [2.45, 2.75) is 53.3 Å². The van der Waals surface area contributed by atoms with Gasteiger partial charge in [0.2, 0.25) is 0 Å². The van der Waals surface area contributed by atoms with Crippen LogP contribution in [0.15, 0.2) is 57.4 Å². The third-order valence-corrected chi connectivity index (χ3v) is 4.43. The summed E-state index contributed by atoms with van der Waals surface area (Å²) in [6, 6.07) is 7.71. The number of furan rings is 2. The fourth-order valence-corrected chi connectivity index (χ4v) is 3.15. The minimum atomic E-state index is -1.33.